The van der Waals surface area contributed by atoms with Crippen molar-refractivity contribution in [2.45, 2.75) is 19.4 Å². The third kappa shape index (κ3) is 3.07. The first kappa shape index (κ1) is 15.6. The number of benzene rings is 2. The number of hydrogen-bond acceptors (Lipinski definition) is 2. The molecular formula is C21H21N3O. The van der Waals surface area contributed by atoms with Crippen LogP contribution in [0.3, 0.4) is 0 Å². The van der Waals surface area contributed by atoms with Crippen LogP contribution in [0.15, 0.2) is 60.7 Å². The maximum Gasteiger partial charge on any atom is 0.272 e. The average molecular weight is 331 g/mol. The minimum atomic E-state index is 0.0499. The molecule has 0 N–H and O–H groups in total. The molecule has 1 aromatic heterocycles. The Kier molecular flexibility index (Phi) is 4.10. The molecule has 1 aliphatic heterocycles. The zero-order chi connectivity index (χ0) is 17.2. The lowest BCUT2D eigenvalue weighted by molar-refractivity contribution is 0.0734. The number of fused-ring (bicyclic) bond motifs is 1. The van der Waals surface area contributed by atoms with Crippen molar-refractivity contribution in [1.82, 2.24) is 14.7 Å². The topological polar surface area (TPSA) is 38.1 Å². The smallest absolute Gasteiger partial charge is 0.272 e. The van der Waals surface area contributed by atoms with E-state index in [2.05, 4.69) is 23.3 Å². The molecule has 2 aromatic carbocycles. The van der Waals surface area contributed by atoms with Gasteiger partial charge in [-0.3, -0.25) is 9.48 Å². The van der Waals surface area contributed by atoms with Gasteiger partial charge in [-0.2, -0.15) is 5.10 Å². The Morgan fingerprint density at radius 2 is 1.72 bits per heavy atom. The van der Waals surface area contributed by atoms with Crippen LogP contribution in [-0.4, -0.2) is 27.1 Å². The highest BCUT2D eigenvalue weighted by Gasteiger charge is 2.23. The van der Waals surface area contributed by atoms with Crippen LogP contribution in [0.1, 0.15) is 28.0 Å². The number of carbonyl (C=O) groups is 1. The number of nitrogens with zero attached hydrogens (tertiary/aromatic N) is 3. The summed E-state index contributed by atoms with van der Waals surface area (Å²) in [6, 6.07) is 20.3. The molecule has 2 heterocycles. The van der Waals surface area contributed by atoms with Crippen molar-refractivity contribution in [2.24, 2.45) is 7.05 Å². The molecule has 0 aliphatic carbocycles. The van der Waals surface area contributed by atoms with E-state index in [0.29, 0.717) is 12.2 Å². The molecule has 126 valence electrons. The summed E-state index contributed by atoms with van der Waals surface area (Å²) in [5.41, 5.74) is 5.10. The Hall–Kier alpha value is -2.88. The van der Waals surface area contributed by atoms with E-state index in [1.54, 1.807) is 4.68 Å². The second kappa shape index (κ2) is 6.55. The van der Waals surface area contributed by atoms with Gasteiger partial charge in [-0.25, -0.2) is 0 Å². The molecule has 4 rings (SSSR count). The third-order valence-electron chi connectivity index (χ3n) is 4.81. The maximum atomic E-state index is 13.1. The summed E-state index contributed by atoms with van der Waals surface area (Å²) in [5.74, 6) is 0.0499. The highest BCUT2D eigenvalue weighted by atomic mass is 16.2. The van der Waals surface area contributed by atoms with Crippen LogP contribution in [-0.2, 0) is 20.0 Å². The molecule has 0 fully saturated rings. The van der Waals surface area contributed by atoms with Gasteiger partial charge in [0.05, 0.1) is 5.69 Å². The van der Waals surface area contributed by atoms with Crippen LogP contribution in [0.25, 0.3) is 11.3 Å². The van der Waals surface area contributed by atoms with Crippen molar-refractivity contribution in [1.29, 1.82) is 0 Å². The first-order valence-electron chi connectivity index (χ1n) is 8.68. The zero-order valence-electron chi connectivity index (χ0n) is 14.4. The Morgan fingerprint density at radius 1 is 1.00 bits per heavy atom. The van der Waals surface area contributed by atoms with E-state index >= 15 is 0 Å². The largest absolute Gasteiger partial charge is 0.333 e. The van der Waals surface area contributed by atoms with E-state index in [-0.39, 0.29) is 5.91 Å². The highest BCUT2D eigenvalue weighted by molar-refractivity contribution is 5.93. The minimum absolute atomic E-state index is 0.0499. The predicted octanol–water partition coefficient (Wildman–Crippen LogP) is 3.68. The van der Waals surface area contributed by atoms with Crippen molar-refractivity contribution in [2.75, 3.05) is 6.54 Å². The summed E-state index contributed by atoms with van der Waals surface area (Å²) in [6.45, 7) is 1.44. The second-order valence-corrected chi connectivity index (χ2v) is 6.50. The van der Waals surface area contributed by atoms with E-state index in [1.165, 1.54) is 11.1 Å². The van der Waals surface area contributed by atoms with Crippen LogP contribution in [0.2, 0.25) is 0 Å². The summed E-state index contributed by atoms with van der Waals surface area (Å²) < 4.78 is 1.70. The number of hydrogen-bond donors (Lipinski definition) is 0. The van der Waals surface area contributed by atoms with Crippen molar-refractivity contribution >= 4 is 5.91 Å². The predicted molar refractivity (Wildman–Crippen MR) is 98.1 cm³/mol. The van der Waals surface area contributed by atoms with Crippen LogP contribution in [0.5, 0.6) is 0 Å². The van der Waals surface area contributed by atoms with Gasteiger partial charge in [0, 0.05) is 25.7 Å². The first-order valence-corrected chi connectivity index (χ1v) is 8.68. The fraction of sp³-hybridized carbons (Fsp3) is 0.238. The average Bonchev–Trinajstić information content (AvgIpc) is 2.90. The molecule has 0 bridgehead atoms. The third-order valence-corrected chi connectivity index (χ3v) is 4.81. The van der Waals surface area contributed by atoms with Crippen molar-refractivity contribution in [3.05, 3.63) is 77.5 Å². The number of amides is 1. The molecule has 25 heavy (non-hydrogen) atoms. The molecule has 4 heteroatoms. The fourth-order valence-corrected chi connectivity index (χ4v) is 3.45. The number of aryl methyl sites for hydroxylation is 2. The molecule has 0 saturated heterocycles. The van der Waals surface area contributed by atoms with Crippen LogP contribution in [0, 0.1) is 0 Å². The molecule has 1 amide bonds. The van der Waals surface area contributed by atoms with Gasteiger partial charge >= 0.3 is 0 Å². The lowest BCUT2D eigenvalue weighted by Gasteiger charge is -2.20. The van der Waals surface area contributed by atoms with Gasteiger partial charge in [0.25, 0.3) is 5.91 Å². The Balaban J connectivity index is 1.62. The minimum Gasteiger partial charge on any atom is -0.333 e. The quantitative estimate of drug-likeness (QED) is 0.718. The van der Waals surface area contributed by atoms with Crippen molar-refractivity contribution < 1.29 is 4.79 Å². The van der Waals surface area contributed by atoms with Crippen molar-refractivity contribution in [3.63, 3.8) is 0 Å². The molecule has 0 spiro atoms. The van der Waals surface area contributed by atoms with Crippen LogP contribution < -0.4 is 0 Å². The van der Waals surface area contributed by atoms with Crippen molar-refractivity contribution in [3.8, 4) is 11.3 Å². The number of rotatable bonds is 2. The van der Waals surface area contributed by atoms with E-state index in [9.17, 15) is 4.79 Å². The highest BCUT2D eigenvalue weighted by Crippen LogP contribution is 2.22. The van der Waals surface area contributed by atoms with Gasteiger partial charge in [0.2, 0.25) is 0 Å². The fourth-order valence-electron chi connectivity index (χ4n) is 3.45. The van der Waals surface area contributed by atoms with Crippen LogP contribution in [0.4, 0.5) is 0 Å². The monoisotopic (exact) mass is 331 g/mol. The second-order valence-electron chi connectivity index (χ2n) is 6.50. The van der Waals surface area contributed by atoms with E-state index in [4.69, 9.17) is 0 Å². The molecule has 0 saturated carbocycles. The SMILES string of the molecule is Cn1nc(-c2ccccc2)cc1C(=O)N1CCCc2ccccc2C1. The number of aromatic nitrogens is 2. The summed E-state index contributed by atoms with van der Waals surface area (Å²) in [5, 5.41) is 4.53. The standard InChI is InChI=1S/C21H21N3O/c1-23-20(14-19(22-23)17-9-3-2-4-10-17)21(25)24-13-7-12-16-8-5-6-11-18(16)15-24/h2-6,8-11,14H,7,12-13,15H2,1H3. The Labute approximate surface area is 147 Å². The molecule has 4 nitrogen and oxygen atoms in total. The lowest BCUT2D eigenvalue weighted by Crippen LogP contribution is -2.32. The zero-order valence-corrected chi connectivity index (χ0v) is 14.4. The first-order chi connectivity index (χ1) is 12.2. The number of carbonyl (C=O) groups excluding carboxylic acids is 1. The molecule has 0 atom stereocenters. The van der Waals surface area contributed by atoms with E-state index in [0.717, 1.165) is 30.6 Å². The van der Waals surface area contributed by atoms with Gasteiger partial charge in [0.15, 0.2) is 0 Å². The summed E-state index contributed by atoms with van der Waals surface area (Å²) >= 11 is 0. The van der Waals surface area contributed by atoms with E-state index in [1.807, 2.05) is 54.4 Å². The Bertz CT molecular complexity index is 899. The van der Waals surface area contributed by atoms with Gasteiger partial charge < -0.3 is 4.90 Å². The van der Waals surface area contributed by atoms with Gasteiger partial charge in [0.1, 0.15) is 5.69 Å². The van der Waals surface area contributed by atoms with Gasteiger partial charge in [-0.1, -0.05) is 54.6 Å². The lowest BCUT2D eigenvalue weighted by atomic mass is 10.0. The van der Waals surface area contributed by atoms with Gasteiger partial charge in [-0.15, -0.1) is 0 Å². The Morgan fingerprint density at radius 3 is 2.52 bits per heavy atom. The maximum absolute atomic E-state index is 13.1. The summed E-state index contributed by atoms with van der Waals surface area (Å²) in [4.78, 5) is 15.0. The molecule has 0 radical (unpaired) electrons. The normalized spacial score (nSPS) is 14.0. The molecule has 3 aromatic rings. The molecule has 1 aliphatic rings. The summed E-state index contributed by atoms with van der Waals surface area (Å²) in [6.07, 6.45) is 2.02. The van der Waals surface area contributed by atoms with E-state index < -0.39 is 0 Å². The molecular weight excluding hydrogens is 310 g/mol. The molecule has 0 unspecified atom stereocenters. The summed E-state index contributed by atoms with van der Waals surface area (Å²) in [7, 11) is 1.84. The van der Waals surface area contributed by atoms with Gasteiger partial charge in [-0.05, 0) is 30.0 Å². The van der Waals surface area contributed by atoms with Crippen LogP contribution >= 0.6 is 0 Å².